The van der Waals surface area contributed by atoms with Crippen LogP contribution >= 0.6 is 22.9 Å². The third-order valence-corrected chi connectivity index (χ3v) is 3.65. The Morgan fingerprint density at radius 2 is 2.42 bits per heavy atom. The number of hydrogen-bond acceptors (Lipinski definition) is 4. The molecule has 0 bridgehead atoms. The maximum absolute atomic E-state index is 12.1. The van der Waals surface area contributed by atoms with Crippen LogP contribution in [-0.2, 0) is 6.42 Å². The summed E-state index contributed by atoms with van der Waals surface area (Å²) in [5.74, 6) is 0.0434. The van der Waals surface area contributed by atoms with Crippen LogP contribution in [0.3, 0.4) is 0 Å². The van der Waals surface area contributed by atoms with Crippen LogP contribution in [0.2, 0.25) is 5.02 Å². The maximum Gasteiger partial charge on any atom is 0.253 e. The van der Waals surface area contributed by atoms with Crippen LogP contribution < -0.4 is 11.1 Å². The third kappa shape index (κ3) is 3.68. The molecule has 19 heavy (non-hydrogen) atoms. The minimum Gasteiger partial charge on any atom is -0.384 e. The van der Waals surface area contributed by atoms with Gasteiger partial charge in [-0.2, -0.15) is 11.3 Å². The second-order valence-corrected chi connectivity index (χ2v) is 5.49. The fourth-order valence-electron chi connectivity index (χ4n) is 1.74. The number of carbonyl (C=O) groups is 1. The highest BCUT2D eigenvalue weighted by Gasteiger charge is 2.14. The number of aromatic nitrogens is 1. The molecule has 0 aromatic carbocycles. The summed E-state index contributed by atoms with van der Waals surface area (Å²) in [6, 6.07) is 3.55. The number of nitrogens with zero attached hydrogens (tertiary/aromatic N) is 1. The number of nitrogens with two attached hydrogens (primary N) is 1. The fourth-order valence-corrected chi connectivity index (χ4v) is 2.61. The zero-order valence-corrected chi connectivity index (χ0v) is 12.0. The first kappa shape index (κ1) is 13.8. The van der Waals surface area contributed by atoms with E-state index >= 15 is 0 Å². The van der Waals surface area contributed by atoms with Crippen LogP contribution in [-0.4, -0.2) is 16.9 Å². The van der Waals surface area contributed by atoms with Crippen molar-refractivity contribution in [2.75, 3.05) is 5.73 Å². The van der Waals surface area contributed by atoms with Crippen molar-refractivity contribution in [3.63, 3.8) is 0 Å². The predicted molar refractivity (Wildman–Crippen MR) is 78.6 cm³/mol. The molecule has 0 fully saturated rings. The van der Waals surface area contributed by atoms with Gasteiger partial charge in [0.15, 0.2) is 0 Å². The van der Waals surface area contributed by atoms with Crippen molar-refractivity contribution in [1.29, 1.82) is 0 Å². The topological polar surface area (TPSA) is 68.0 Å². The van der Waals surface area contributed by atoms with E-state index in [4.69, 9.17) is 17.3 Å². The summed E-state index contributed by atoms with van der Waals surface area (Å²) in [7, 11) is 0. The minimum absolute atomic E-state index is 0.0209. The Balaban J connectivity index is 2.02. The summed E-state index contributed by atoms with van der Waals surface area (Å²) in [5, 5.41) is 7.29. The molecule has 0 saturated carbocycles. The van der Waals surface area contributed by atoms with Gasteiger partial charge in [0.1, 0.15) is 5.82 Å². The Morgan fingerprint density at radius 3 is 3.11 bits per heavy atom. The van der Waals surface area contributed by atoms with E-state index in [9.17, 15) is 4.79 Å². The largest absolute Gasteiger partial charge is 0.384 e. The standard InChI is InChI=1S/C13H14ClN3OS/c1-8(4-9-2-3-19-7-9)17-13(18)10-5-12(15)16-6-11(10)14/h2-3,5-8H,4H2,1H3,(H2,15,16)(H,17,18). The van der Waals surface area contributed by atoms with Gasteiger partial charge in [-0.3, -0.25) is 4.79 Å². The molecule has 1 amide bonds. The molecule has 2 heterocycles. The number of nitrogens with one attached hydrogen (secondary N) is 1. The number of hydrogen-bond donors (Lipinski definition) is 2. The van der Waals surface area contributed by atoms with E-state index in [1.807, 2.05) is 18.4 Å². The quantitative estimate of drug-likeness (QED) is 0.911. The first-order valence-electron chi connectivity index (χ1n) is 5.79. The van der Waals surface area contributed by atoms with Gasteiger partial charge in [0.2, 0.25) is 0 Å². The van der Waals surface area contributed by atoms with Gasteiger partial charge in [-0.1, -0.05) is 11.6 Å². The van der Waals surface area contributed by atoms with Gasteiger partial charge < -0.3 is 11.1 Å². The number of pyridine rings is 1. The normalized spacial score (nSPS) is 12.1. The Morgan fingerprint density at radius 1 is 1.63 bits per heavy atom. The van der Waals surface area contributed by atoms with Crippen LogP contribution in [0.5, 0.6) is 0 Å². The predicted octanol–water partition coefficient (Wildman–Crippen LogP) is 2.74. The van der Waals surface area contributed by atoms with E-state index in [1.54, 1.807) is 11.3 Å². The molecule has 0 aliphatic carbocycles. The highest BCUT2D eigenvalue weighted by molar-refractivity contribution is 7.07. The van der Waals surface area contributed by atoms with E-state index in [2.05, 4.69) is 15.7 Å². The van der Waals surface area contributed by atoms with E-state index < -0.39 is 0 Å². The molecule has 1 unspecified atom stereocenters. The molecule has 0 radical (unpaired) electrons. The summed E-state index contributed by atoms with van der Waals surface area (Å²) in [6.45, 7) is 1.95. The van der Waals surface area contributed by atoms with Crippen LogP contribution in [0.1, 0.15) is 22.8 Å². The lowest BCUT2D eigenvalue weighted by Crippen LogP contribution is -2.34. The summed E-state index contributed by atoms with van der Waals surface area (Å²) < 4.78 is 0. The molecule has 3 N–H and O–H groups in total. The summed E-state index contributed by atoms with van der Waals surface area (Å²) in [6.07, 6.45) is 2.17. The average Bonchev–Trinajstić information content (AvgIpc) is 2.84. The Bertz CT molecular complexity index is 571. The lowest BCUT2D eigenvalue weighted by molar-refractivity contribution is 0.0940. The van der Waals surface area contributed by atoms with E-state index in [0.29, 0.717) is 10.6 Å². The Labute approximate surface area is 120 Å². The summed E-state index contributed by atoms with van der Waals surface area (Å²) in [5.41, 5.74) is 7.12. The number of carbonyl (C=O) groups excluding carboxylic acids is 1. The van der Waals surface area contributed by atoms with Gasteiger partial charge in [0.05, 0.1) is 10.6 Å². The van der Waals surface area contributed by atoms with E-state index in [-0.39, 0.29) is 17.8 Å². The highest BCUT2D eigenvalue weighted by atomic mass is 35.5. The average molecular weight is 296 g/mol. The van der Waals surface area contributed by atoms with Gasteiger partial charge in [0, 0.05) is 12.2 Å². The van der Waals surface area contributed by atoms with Crippen molar-refractivity contribution in [2.24, 2.45) is 0 Å². The first-order chi connectivity index (χ1) is 9.06. The van der Waals surface area contributed by atoms with Crippen molar-refractivity contribution in [3.8, 4) is 0 Å². The van der Waals surface area contributed by atoms with E-state index in [1.165, 1.54) is 17.8 Å². The van der Waals surface area contributed by atoms with Crippen molar-refractivity contribution in [2.45, 2.75) is 19.4 Å². The lowest BCUT2D eigenvalue weighted by atomic mass is 10.1. The van der Waals surface area contributed by atoms with Gasteiger partial charge in [-0.15, -0.1) is 0 Å². The first-order valence-corrected chi connectivity index (χ1v) is 7.11. The monoisotopic (exact) mass is 295 g/mol. The number of nitrogen functional groups attached to an aromatic ring is 1. The van der Waals surface area contributed by atoms with Crippen molar-refractivity contribution in [3.05, 3.63) is 45.2 Å². The van der Waals surface area contributed by atoms with Crippen molar-refractivity contribution in [1.82, 2.24) is 10.3 Å². The van der Waals surface area contributed by atoms with Crippen LogP contribution in [0.25, 0.3) is 0 Å². The van der Waals surface area contributed by atoms with E-state index in [0.717, 1.165) is 6.42 Å². The van der Waals surface area contributed by atoms with Gasteiger partial charge in [0.25, 0.3) is 5.91 Å². The fraction of sp³-hybridized carbons (Fsp3) is 0.231. The molecular weight excluding hydrogens is 282 g/mol. The number of rotatable bonds is 4. The number of anilines is 1. The number of halogens is 1. The van der Waals surface area contributed by atoms with Crippen LogP contribution in [0.15, 0.2) is 29.1 Å². The van der Waals surface area contributed by atoms with Crippen LogP contribution in [0, 0.1) is 0 Å². The smallest absolute Gasteiger partial charge is 0.253 e. The molecule has 4 nitrogen and oxygen atoms in total. The Hall–Kier alpha value is -1.59. The second kappa shape index (κ2) is 6.04. The molecule has 2 aromatic rings. The van der Waals surface area contributed by atoms with Crippen molar-refractivity contribution < 1.29 is 4.79 Å². The SMILES string of the molecule is CC(Cc1ccsc1)NC(=O)c1cc(N)ncc1Cl. The molecule has 2 aromatic heterocycles. The molecule has 0 spiro atoms. The number of thiophene rings is 1. The molecule has 2 rings (SSSR count). The second-order valence-electron chi connectivity index (χ2n) is 4.30. The van der Waals surface area contributed by atoms with Gasteiger partial charge >= 0.3 is 0 Å². The summed E-state index contributed by atoms with van der Waals surface area (Å²) in [4.78, 5) is 15.9. The number of amides is 1. The molecular formula is C13H14ClN3OS. The highest BCUT2D eigenvalue weighted by Crippen LogP contribution is 2.17. The molecule has 6 heteroatoms. The maximum atomic E-state index is 12.1. The summed E-state index contributed by atoms with van der Waals surface area (Å²) >= 11 is 7.58. The molecule has 0 aliphatic rings. The molecule has 0 aliphatic heterocycles. The zero-order chi connectivity index (χ0) is 13.8. The third-order valence-electron chi connectivity index (χ3n) is 2.62. The van der Waals surface area contributed by atoms with Gasteiger partial charge in [-0.05, 0) is 41.8 Å². The van der Waals surface area contributed by atoms with Crippen LogP contribution in [0.4, 0.5) is 5.82 Å². The van der Waals surface area contributed by atoms with Crippen molar-refractivity contribution >= 4 is 34.7 Å². The van der Waals surface area contributed by atoms with Gasteiger partial charge in [-0.25, -0.2) is 4.98 Å². The lowest BCUT2D eigenvalue weighted by Gasteiger charge is -2.14. The molecule has 1 atom stereocenters. The molecule has 100 valence electrons. The molecule has 0 saturated heterocycles. The zero-order valence-electron chi connectivity index (χ0n) is 10.4. The Kier molecular flexibility index (Phi) is 4.39. The minimum atomic E-state index is -0.234.